The highest BCUT2D eigenvalue weighted by atomic mass is 16.5. The van der Waals surface area contributed by atoms with Crippen molar-refractivity contribution in [3.63, 3.8) is 0 Å². The molecule has 2 aliphatic rings. The number of aromatic amines is 2. The molecule has 9 rings (SSSR count). The average molecular weight is 876 g/mol. The van der Waals surface area contributed by atoms with Gasteiger partial charge in [-0.25, -0.2) is 24.4 Å². The lowest BCUT2D eigenvalue weighted by Gasteiger charge is -2.08. The van der Waals surface area contributed by atoms with E-state index in [9.17, 15) is 24.3 Å². The molecular weight excluding hydrogens is 835 g/mol. The SMILES string of the molecule is COC(=O)c1ccc(-c2c3nc(c(-c4ccc(C(=O)OC)cc4)c4ccc([nH]4)c(-c4ccc(C(=O)OC)cc4)c4nc(c(-c5ccc(C(=O)NCCO)cc5)c5ccc2[nH]5)C=C4)C=C3)cc1. The number of esters is 3. The Morgan fingerprint density at radius 2 is 0.712 bits per heavy atom. The van der Waals surface area contributed by atoms with Crippen LogP contribution >= 0.6 is 0 Å². The molecule has 1 amide bonds. The highest BCUT2D eigenvalue weighted by molar-refractivity contribution is 6.02. The Bertz CT molecular complexity index is 3230. The second-order valence-electron chi connectivity index (χ2n) is 15.3. The summed E-state index contributed by atoms with van der Waals surface area (Å²) in [5.41, 5.74) is 13.2. The number of hydrogen-bond acceptors (Lipinski definition) is 10. The number of aliphatic hydroxyl groups is 1. The molecule has 0 unspecified atom stereocenters. The first-order valence-electron chi connectivity index (χ1n) is 20.9. The minimum atomic E-state index is -0.459. The van der Waals surface area contributed by atoms with Gasteiger partial charge < -0.3 is 34.6 Å². The molecule has 0 spiro atoms. The highest BCUT2D eigenvalue weighted by Crippen LogP contribution is 2.39. The van der Waals surface area contributed by atoms with Crippen molar-refractivity contribution in [2.24, 2.45) is 0 Å². The van der Waals surface area contributed by atoms with Gasteiger partial charge in [0.05, 0.1) is 67.4 Å². The summed E-state index contributed by atoms with van der Waals surface area (Å²) in [6.07, 6.45) is 7.78. The summed E-state index contributed by atoms with van der Waals surface area (Å²) in [5.74, 6) is -1.68. The van der Waals surface area contributed by atoms with E-state index in [1.54, 1.807) is 48.5 Å². The Kier molecular flexibility index (Phi) is 11.7. The van der Waals surface area contributed by atoms with Crippen molar-refractivity contribution < 1.29 is 38.5 Å². The van der Waals surface area contributed by atoms with Crippen molar-refractivity contribution in [1.82, 2.24) is 25.3 Å². The summed E-state index contributed by atoms with van der Waals surface area (Å²) < 4.78 is 15.0. The first-order valence-corrected chi connectivity index (χ1v) is 20.9. The van der Waals surface area contributed by atoms with Crippen molar-refractivity contribution in [1.29, 1.82) is 0 Å². The van der Waals surface area contributed by atoms with Gasteiger partial charge in [0.25, 0.3) is 5.91 Å². The predicted octanol–water partition coefficient (Wildman–Crippen LogP) is 9.41. The van der Waals surface area contributed by atoms with Gasteiger partial charge in [0.15, 0.2) is 0 Å². The number of aliphatic hydroxyl groups excluding tert-OH is 1. The van der Waals surface area contributed by atoms with Gasteiger partial charge in [-0.15, -0.1) is 0 Å². The molecule has 66 heavy (non-hydrogen) atoms. The van der Waals surface area contributed by atoms with Gasteiger partial charge in [-0.1, -0.05) is 48.5 Å². The van der Waals surface area contributed by atoms with Crippen molar-refractivity contribution in [2.75, 3.05) is 34.5 Å². The fraction of sp³-hybridized carbons (Fsp3) is 0.0943. The number of fused-ring (bicyclic) bond motifs is 8. The zero-order valence-corrected chi connectivity index (χ0v) is 36.0. The highest BCUT2D eigenvalue weighted by Gasteiger charge is 2.20. The number of ether oxygens (including phenoxy) is 3. The first kappa shape index (κ1) is 42.6. The van der Waals surface area contributed by atoms with E-state index in [1.165, 1.54) is 21.3 Å². The van der Waals surface area contributed by atoms with Gasteiger partial charge >= 0.3 is 17.9 Å². The number of methoxy groups -OCH3 is 3. The smallest absolute Gasteiger partial charge is 0.337 e. The van der Waals surface area contributed by atoms with Crippen LogP contribution in [0, 0.1) is 0 Å². The average Bonchev–Trinajstić information content (AvgIpc) is 4.22. The lowest BCUT2D eigenvalue weighted by Crippen LogP contribution is -2.26. The largest absolute Gasteiger partial charge is 0.465 e. The minimum absolute atomic E-state index is 0.128. The molecule has 4 N–H and O–H groups in total. The normalized spacial score (nSPS) is 11.6. The van der Waals surface area contributed by atoms with E-state index in [0.29, 0.717) is 45.0 Å². The van der Waals surface area contributed by atoms with E-state index in [-0.39, 0.29) is 19.1 Å². The molecule has 0 aliphatic carbocycles. The van der Waals surface area contributed by atoms with Crippen LogP contribution < -0.4 is 5.32 Å². The quantitative estimate of drug-likeness (QED) is 0.0762. The summed E-state index contributed by atoms with van der Waals surface area (Å²) in [6.45, 7) is -0.0503. The maximum absolute atomic E-state index is 12.9. The zero-order valence-electron chi connectivity index (χ0n) is 36.0. The summed E-state index contributed by atoms with van der Waals surface area (Å²) in [6, 6.07) is 36.5. The molecule has 3 aromatic heterocycles. The van der Waals surface area contributed by atoms with Crippen LogP contribution in [0.1, 0.15) is 64.2 Å². The van der Waals surface area contributed by atoms with Crippen LogP contribution in [0.15, 0.2) is 121 Å². The molecule has 0 fully saturated rings. The fourth-order valence-corrected chi connectivity index (χ4v) is 8.15. The van der Waals surface area contributed by atoms with Crippen molar-refractivity contribution >= 4 is 70.2 Å². The summed E-state index contributed by atoms with van der Waals surface area (Å²) in [7, 11) is 4.02. The third-order valence-electron chi connectivity index (χ3n) is 11.4. The minimum Gasteiger partial charge on any atom is -0.465 e. The number of aromatic nitrogens is 4. The van der Waals surface area contributed by atoms with Gasteiger partial charge in [-0.3, -0.25) is 4.79 Å². The lowest BCUT2D eigenvalue weighted by molar-refractivity contribution is 0.0592. The van der Waals surface area contributed by atoms with Gasteiger partial charge in [-0.05, 0) is 119 Å². The van der Waals surface area contributed by atoms with Crippen molar-refractivity contribution in [2.45, 2.75) is 0 Å². The Balaban J connectivity index is 1.38. The van der Waals surface area contributed by atoms with Crippen LogP contribution in [0.25, 0.3) is 90.9 Å². The standard InChI is InChI=1S/C53H41N5O8/c1-64-51(61)35-14-6-31(7-15-35)47-40-22-20-38(55-40)46(30-4-12-34(13-5-30)50(60)54-28-29-59)39-21-23-41(56-39)48(32-8-16-36(17-9-32)52(62)65-2)43-25-27-45(58-43)49(44-26-24-42(47)57-44)33-10-18-37(19-11-33)53(63)66-3/h4-27,55,58-59H,28-29H2,1-3H3,(H,54,60). The van der Waals surface area contributed by atoms with E-state index in [2.05, 4.69) is 15.3 Å². The van der Waals surface area contributed by atoms with Crippen LogP contribution in [0.4, 0.5) is 0 Å². The Morgan fingerprint density at radius 3 is 0.970 bits per heavy atom. The van der Waals surface area contributed by atoms with E-state index < -0.39 is 17.9 Å². The molecule has 0 radical (unpaired) electrons. The number of nitrogens with zero attached hydrogens (tertiary/aromatic N) is 2. The number of nitrogens with one attached hydrogen (secondary N) is 3. The molecule has 5 heterocycles. The number of benzene rings is 4. The monoisotopic (exact) mass is 875 g/mol. The number of rotatable bonds is 10. The van der Waals surface area contributed by atoms with E-state index in [0.717, 1.165) is 66.6 Å². The van der Waals surface area contributed by atoms with E-state index in [4.69, 9.17) is 24.2 Å². The van der Waals surface area contributed by atoms with Gasteiger partial charge in [0.1, 0.15) is 0 Å². The molecular formula is C53H41N5O8. The molecule has 326 valence electrons. The lowest BCUT2D eigenvalue weighted by atomic mass is 10.0. The maximum atomic E-state index is 12.9. The van der Waals surface area contributed by atoms with E-state index in [1.807, 2.05) is 97.1 Å². The molecule has 7 aromatic rings. The van der Waals surface area contributed by atoms with Gasteiger partial charge in [0, 0.05) is 56.4 Å². The maximum Gasteiger partial charge on any atom is 0.337 e. The molecule has 8 bridgehead atoms. The molecule has 0 saturated heterocycles. The number of carbonyl (C=O) groups is 4. The molecule has 2 aliphatic heterocycles. The Hall–Kier alpha value is -8.68. The second kappa shape index (κ2) is 18.2. The van der Waals surface area contributed by atoms with Crippen LogP contribution in [-0.4, -0.2) is 83.3 Å². The third-order valence-corrected chi connectivity index (χ3v) is 11.4. The molecule has 0 atom stereocenters. The van der Waals surface area contributed by atoms with Crippen LogP contribution in [0.2, 0.25) is 0 Å². The van der Waals surface area contributed by atoms with Crippen LogP contribution in [0.5, 0.6) is 0 Å². The van der Waals surface area contributed by atoms with Crippen molar-refractivity contribution in [3.05, 3.63) is 166 Å². The van der Waals surface area contributed by atoms with Crippen molar-refractivity contribution in [3.8, 4) is 44.5 Å². The fourth-order valence-electron chi connectivity index (χ4n) is 8.15. The topological polar surface area (TPSA) is 186 Å². The number of amides is 1. The number of hydrogen-bond donors (Lipinski definition) is 4. The van der Waals surface area contributed by atoms with Crippen LogP contribution in [0.3, 0.4) is 0 Å². The summed E-state index contributed by atoms with van der Waals surface area (Å²) >= 11 is 0. The van der Waals surface area contributed by atoms with Gasteiger partial charge in [-0.2, -0.15) is 0 Å². The molecule has 13 nitrogen and oxygen atoms in total. The van der Waals surface area contributed by atoms with E-state index >= 15 is 0 Å². The second-order valence-corrected chi connectivity index (χ2v) is 15.3. The molecule has 13 heteroatoms. The Morgan fingerprint density at radius 1 is 0.439 bits per heavy atom. The Labute approximate surface area is 378 Å². The molecule has 0 saturated carbocycles. The summed E-state index contributed by atoms with van der Waals surface area (Å²) in [4.78, 5) is 68.3. The van der Waals surface area contributed by atoms with Crippen LogP contribution in [-0.2, 0) is 14.2 Å². The third kappa shape index (κ3) is 8.17. The first-order chi connectivity index (χ1) is 32.2. The summed E-state index contributed by atoms with van der Waals surface area (Å²) in [5, 5.41) is 12.0. The number of H-pyrrole nitrogens is 2. The zero-order chi connectivity index (χ0) is 45.9. The van der Waals surface area contributed by atoms with Gasteiger partial charge in [0.2, 0.25) is 0 Å². The predicted molar refractivity (Wildman–Crippen MR) is 254 cm³/mol. The number of carbonyl (C=O) groups excluding carboxylic acids is 4. The molecule has 4 aromatic carbocycles.